The second kappa shape index (κ2) is 8.91. The standard InChI is InChI=1S/C22H29N3O2/c1-4-24-9-11-25(12-10-24)21-8-6-5-7-20(21)23-22(26)16-27-19-14-17(2)13-18(3)15-19/h5-8,13-15H,4,9-12,16H2,1-3H3,(H,23,26). The van der Waals surface area contributed by atoms with E-state index in [0.29, 0.717) is 0 Å². The molecule has 0 bridgehead atoms. The van der Waals surface area contributed by atoms with Crippen molar-refractivity contribution in [3.05, 3.63) is 53.6 Å². The Balaban J connectivity index is 1.61. The zero-order valence-electron chi connectivity index (χ0n) is 16.5. The summed E-state index contributed by atoms with van der Waals surface area (Å²) in [5, 5.41) is 3.01. The lowest BCUT2D eigenvalue weighted by Gasteiger charge is -2.36. The summed E-state index contributed by atoms with van der Waals surface area (Å²) in [7, 11) is 0. The average molecular weight is 367 g/mol. The molecule has 1 amide bonds. The highest BCUT2D eigenvalue weighted by Crippen LogP contribution is 2.26. The third-order valence-corrected chi connectivity index (χ3v) is 4.90. The number of aryl methyl sites for hydroxylation is 2. The Hall–Kier alpha value is -2.53. The molecule has 1 heterocycles. The third kappa shape index (κ3) is 5.23. The van der Waals surface area contributed by atoms with Gasteiger partial charge in [-0.05, 0) is 55.8 Å². The number of hydrogen-bond acceptors (Lipinski definition) is 4. The van der Waals surface area contributed by atoms with Crippen LogP contribution in [0.5, 0.6) is 5.75 Å². The van der Waals surface area contributed by atoms with E-state index in [1.54, 1.807) is 0 Å². The van der Waals surface area contributed by atoms with Crippen LogP contribution in [0.4, 0.5) is 11.4 Å². The molecule has 0 spiro atoms. The highest BCUT2D eigenvalue weighted by molar-refractivity contribution is 5.95. The molecule has 3 rings (SSSR count). The summed E-state index contributed by atoms with van der Waals surface area (Å²) < 4.78 is 5.68. The monoisotopic (exact) mass is 367 g/mol. The first-order chi connectivity index (χ1) is 13.0. The largest absolute Gasteiger partial charge is 0.484 e. The second-order valence-electron chi connectivity index (χ2n) is 7.10. The number of carbonyl (C=O) groups is 1. The minimum atomic E-state index is -0.145. The van der Waals surface area contributed by atoms with Gasteiger partial charge < -0.3 is 19.9 Å². The van der Waals surface area contributed by atoms with Crippen LogP contribution in [0.1, 0.15) is 18.1 Å². The number of carbonyl (C=O) groups excluding carboxylic acids is 1. The number of likely N-dealkylation sites (N-methyl/N-ethyl adjacent to an activating group) is 1. The number of nitrogens with one attached hydrogen (secondary N) is 1. The van der Waals surface area contributed by atoms with E-state index in [2.05, 4.69) is 34.2 Å². The Kier molecular flexibility index (Phi) is 6.35. The Morgan fingerprint density at radius 1 is 1.04 bits per heavy atom. The van der Waals surface area contributed by atoms with Crippen LogP contribution in [0, 0.1) is 13.8 Å². The van der Waals surface area contributed by atoms with Crippen LogP contribution in [0.3, 0.4) is 0 Å². The van der Waals surface area contributed by atoms with Crippen LogP contribution in [-0.4, -0.2) is 50.1 Å². The van der Waals surface area contributed by atoms with Crippen molar-refractivity contribution in [3.63, 3.8) is 0 Å². The number of anilines is 2. The van der Waals surface area contributed by atoms with Crippen molar-refractivity contribution in [2.24, 2.45) is 0 Å². The molecule has 0 saturated carbocycles. The molecule has 0 unspecified atom stereocenters. The molecule has 1 saturated heterocycles. The molecule has 2 aromatic carbocycles. The lowest BCUT2D eigenvalue weighted by molar-refractivity contribution is -0.118. The minimum absolute atomic E-state index is 0.000833. The highest BCUT2D eigenvalue weighted by atomic mass is 16.5. The number of rotatable bonds is 6. The SMILES string of the molecule is CCN1CCN(c2ccccc2NC(=O)COc2cc(C)cc(C)c2)CC1. The molecule has 1 aliphatic heterocycles. The van der Waals surface area contributed by atoms with Gasteiger partial charge in [0.2, 0.25) is 0 Å². The van der Waals surface area contributed by atoms with E-state index < -0.39 is 0 Å². The number of benzene rings is 2. The van der Waals surface area contributed by atoms with Crippen molar-refractivity contribution in [2.45, 2.75) is 20.8 Å². The Bertz CT molecular complexity index is 763. The van der Waals surface area contributed by atoms with Crippen molar-refractivity contribution in [2.75, 3.05) is 49.5 Å². The number of para-hydroxylation sites is 2. The summed E-state index contributed by atoms with van der Waals surface area (Å²) in [6, 6.07) is 14.0. The van der Waals surface area contributed by atoms with E-state index in [-0.39, 0.29) is 12.5 Å². The fourth-order valence-electron chi connectivity index (χ4n) is 3.51. The van der Waals surface area contributed by atoms with Gasteiger partial charge in [-0.1, -0.05) is 25.1 Å². The van der Waals surface area contributed by atoms with Crippen molar-refractivity contribution in [1.29, 1.82) is 0 Å². The van der Waals surface area contributed by atoms with Crippen molar-refractivity contribution < 1.29 is 9.53 Å². The smallest absolute Gasteiger partial charge is 0.262 e. The molecule has 1 N–H and O–H groups in total. The number of piperazine rings is 1. The zero-order chi connectivity index (χ0) is 19.2. The van der Waals surface area contributed by atoms with Gasteiger partial charge in [0, 0.05) is 26.2 Å². The van der Waals surface area contributed by atoms with Gasteiger partial charge in [-0.2, -0.15) is 0 Å². The van der Waals surface area contributed by atoms with E-state index >= 15 is 0 Å². The molecule has 0 aliphatic carbocycles. The van der Waals surface area contributed by atoms with Crippen molar-refractivity contribution in [3.8, 4) is 5.75 Å². The fourth-order valence-corrected chi connectivity index (χ4v) is 3.51. The Labute approximate surface area is 161 Å². The maximum Gasteiger partial charge on any atom is 0.262 e. The summed E-state index contributed by atoms with van der Waals surface area (Å²) in [4.78, 5) is 17.2. The van der Waals surface area contributed by atoms with E-state index in [4.69, 9.17) is 4.74 Å². The van der Waals surface area contributed by atoms with Crippen LogP contribution >= 0.6 is 0 Å². The van der Waals surface area contributed by atoms with Crippen LogP contribution in [-0.2, 0) is 4.79 Å². The molecule has 1 fully saturated rings. The van der Waals surface area contributed by atoms with E-state index in [0.717, 1.165) is 61.0 Å². The molecule has 144 valence electrons. The lowest BCUT2D eigenvalue weighted by atomic mass is 10.1. The van der Waals surface area contributed by atoms with E-state index in [9.17, 15) is 4.79 Å². The second-order valence-corrected chi connectivity index (χ2v) is 7.10. The maximum absolute atomic E-state index is 12.4. The molecule has 0 aromatic heterocycles. The maximum atomic E-state index is 12.4. The average Bonchev–Trinajstić information content (AvgIpc) is 2.66. The fraction of sp³-hybridized carbons (Fsp3) is 0.409. The van der Waals surface area contributed by atoms with E-state index in [1.807, 2.05) is 44.2 Å². The number of ether oxygens (including phenoxy) is 1. The predicted molar refractivity (Wildman–Crippen MR) is 111 cm³/mol. The molecular weight excluding hydrogens is 338 g/mol. The third-order valence-electron chi connectivity index (χ3n) is 4.90. The molecule has 0 radical (unpaired) electrons. The first kappa shape index (κ1) is 19.2. The number of nitrogens with zero attached hydrogens (tertiary/aromatic N) is 2. The first-order valence-electron chi connectivity index (χ1n) is 9.62. The molecule has 2 aromatic rings. The molecular formula is C22H29N3O2. The molecule has 5 nitrogen and oxygen atoms in total. The summed E-state index contributed by atoms with van der Waals surface area (Å²) in [6.45, 7) is 11.4. The van der Waals surface area contributed by atoms with E-state index in [1.165, 1.54) is 0 Å². The first-order valence-corrected chi connectivity index (χ1v) is 9.62. The van der Waals surface area contributed by atoms with Gasteiger partial charge in [0.25, 0.3) is 5.91 Å². The Morgan fingerprint density at radius 3 is 2.37 bits per heavy atom. The zero-order valence-corrected chi connectivity index (χ0v) is 16.5. The molecule has 5 heteroatoms. The highest BCUT2D eigenvalue weighted by Gasteiger charge is 2.18. The number of hydrogen-bond donors (Lipinski definition) is 1. The molecule has 27 heavy (non-hydrogen) atoms. The van der Waals surface area contributed by atoms with Gasteiger partial charge in [-0.15, -0.1) is 0 Å². The summed E-state index contributed by atoms with van der Waals surface area (Å²) in [5.41, 5.74) is 4.17. The molecule has 0 atom stereocenters. The summed E-state index contributed by atoms with van der Waals surface area (Å²) in [6.07, 6.45) is 0. The van der Waals surface area contributed by atoms with Gasteiger partial charge in [0.05, 0.1) is 11.4 Å². The predicted octanol–water partition coefficient (Wildman–Crippen LogP) is 3.46. The van der Waals surface area contributed by atoms with Gasteiger partial charge in [-0.25, -0.2) is 0 Å². The number of amides is 1. The van der Waals surface area contributed by atoms with Crippen molar-refractivity contribution in [1.82, 2.24) is 4.90 Å². The van der Waals surface area contributed by atoms with Gasteiger partial charge in [0.15, 0.2) is 6.61 Å². The van der Waals surface area contributed by atoms with Gasteiger partial charge in [-0.3, -0.25) is 4.79 Å². The van der Waals surface area contributed by atoms with Gasteiger partial charge in [0.1, 0.15) is 5.75 Å². The quantitative estimate of drug-likeness (QED) is 0.849. The van der Waals surface area contributed by atoms with Gasteiger partial charge >= 0.3 is 0 Å². The van der Waals surface area contributed by atoms with Crippen LogP contribution in [0.25, 0.3) is 0 Å². The minimum Gasteiger partial charge on any atom is -0.484 e. The summed E-state index contributed by atoms with van der Waals surface area (Å²) >= 11 is 0. The van der Waals surface area contributed by atoms with Crippen molar-refractivity contribution >= 4 is 17.3 Å². The normalized spacial score (nSPS) is 14.9. The van der Waals surface area contributed by atoms with Crippen LogP contribution in [0.2, 0.25) is 0 Å². The van der Waals surface area contributed by atoms with Crippen LogP contribution < -0.4 is 15.0 Å². The topological polar surface area (TPSA) is 44.8 Å². The van der Waals surface area contributed by atoms with Crippen LogP contribution in [0.15, 0.2) is 42.5 Å². The summed E-state index contributed by atoms with van der Waals surface area (Å²) in [5.74, 6) is 0.584. The lowest BCUT2D eigenvalue weighted by Crippen LogP contribution is -2.46. The molecule has 1 aliphatic rings. The Morgan fingerprint density at radius 2 is 1.70 bits per heavy atom.